The van der Waals surface area contributed by atoms with Gasteiger partial charge in [0.15, 0.2) is 0 Å². The largest absolute Gasteiger partial charge is 0.292 e. The Morgan fingerprint density at radius 2 is 2.04 bits per heavy atom. The van der Waals surface area contributed by atoms with Crippen molar-refractivity contribution in [1.29, 1.82) is 0 Å². The van der Waals surface area contributed by atoms with E-state index in [1.165, 1.54) is 4.68 Å². The van der Waals surface area contributed by atoms with Crippen molar-refractivity contribution in [3.63, 3.8) is 0 Å². The summed E-state index contributed by atoms with van der Waals surface area (Å²) in [6, 6.07) is 7.47. The number of halogens is 2. The number of amides is 1. The van der Waals surface area contributed by atoms with E-state index in [1.54, 1.807) is 23.4 Å². The Bertz CT molecular complexity index is 813. The van der Waals surface area contributed by atoms with Crippen molar-refractivity contribution < 1.29 is 4.79 Å². The Labute approximate surface area is 145 Å². The van der Waals surface area contributed by atoms with Crippen LogP contribution in [0.5, 0.6) is 0 Å². The minimum absolute atomic E-state index is 0.0946. The van der Waals surface area contributed by atoms with Gasteiger partial charge >= 0.3 is 0 Å². The van der Waals surface area contributed by atoms with Crippen LogP contribution in [0.3, 0.4) is 0 Å². The monoisotopic (exact) mass is 394 g/mol. The summed E-state index contributed by atoms with van der Waals surface area (Å²) in [7, 11) is 0. The molecule has 0 aliphatic carbocycles. The second-order valence-corrected chi connectivity index (χ2v) is 6.15. The molecular formula is C14H12BrClN6O. The van der Waals surface area contributed by atoms with Crippen molar-refractivity contribution in [3.8, 4) is 0 Å². The lowest BCUT2D eigenvalue weighted by molar-refractivity contribution is -0.116. The molecule has 0 fully saturated rings. The van der Waals surface area contributed by atoms with Gasteiger partial charge in [-0.05, 0) is 33.6 Å². The summed E-state index contributed by atoms with van der Waals surface area (Å²) in [4.78, 5) is 16.0. The summed E-state index contributed by atoms with van der Waals surface area (Å²) in [6.07, 6.45) is 4.90. The molecule has 3 aromatic rings. The van der Waals surface area contributed by atoms with E-state index in [1.807, 2.05) is 24.3 Å². The van der Waals surface area contributed by atoms with Gasteiger partial charge in [-0.2, -0.15) is 5.10 Å². The second-order valence-electron chi connectivity index (χ2n) is 4.80. The summed E-state index contributed by atoms with van der Waals surface area (Å²) < 4.78 is 3.98. The highest BCUT2D eigenvalue weighted by Gasteiger charge is 2.08. The maximum Gasteiger partial charge on any atom is 0.248 e. The highest BCUT2D eigenvalue weighted by Crippen LogP contribution is 2.11. The molecule has 1 amide bonds. The fourth-order valence-electron chi connectivity index (χ4n) is 1.94. The predicted molar refractivity (Wildman–Crippen MR) is 89.1 cm³/mol. The number of aromatic nitrogens is 5. The van der Waals surface area contributed by atoms with Gasteiger partial charge in [-0.3, -0.25) is 14.8 Å². The predicted octanol–water partition coefficient (Wildman–Crippen LogP) is 2.58. The van der Waals surface area contributed by atoms with Crippen LogP contribution in [0.2, 0.25) is 5.02 Å². The standard InChI is InChI=1S/C14H12BrClN6O/c15-11-5-18-21(7-11)8-13(23)19-14-17-9-22(20-14)6-10-1-3-12(16)4-2-10/h1-5,7,9H,6,8H2,(H,19,20,23). The van der Waals surface area contributed by atoms with Crippen LogP contribution < -0.4 is 5.32 Å². The summed E-state index contributed by atoms with van der Waals surface area (Å²) in [5, 5.41) is 11.6. The van der Waals surface area contributed by atoms with Gasteiger partial charge < -0.3 is 0 Å². The van der Waals surface area contributed by atoms with Gasteiger partial charge in [0.2, 0.25) is 11.9 Å². The topological polar surface area (TPSA) is 77.6 Å². The van der Waals surface area contributed by atoms with Crippen LogP contribution in [-0.4, -0.2) is 30.5 Å². The van der Waals surface area contributed by atoms with Crippen molar-refractivity contribution >= 4 is 39.4 Å². The molecule has 0 saturated carbocycles. The molecular weight excluding hydrogens is 384 g/mol. The van der Waals surface area contributed by atoms with Gasteiger partial charge in [0.1, 0.15) is 12.9 Å². The zero-order valence-electron chi connectivity index (χ0n) is 11.9. The highest BCUT2D eigenvalue weighted by molar-refractivity contribution is 9.10. The van der Waals surface area contributed by atoms with Crippen LogP contribution in [0.1, 0.15) is 5.56 Å². The fourth-order valence-corrected chi connectivity index (χ4v) is 2.40. The molecule has 0 saturated heterocycles. The van der Waals surface area contributed by atoms with E-state index in [4.69, 9.17) is 11.6 Å². The van der Waals surface area contributed by atoms with Gasteiger partial charge in [-0.25, -0.2) is 9.67 Å². The molecule has 3 rings (SSSR count). The van der Waals surface area contributed by atoms with E-state index in [9.17, 15) is 4.79 Å². The van der Waals surface area contributed by atoms with E-state index >= 15 is 0 Å². The smallest absolute Gasteiger partial charge is 0.248 e. The number of hydrogen-bond donors (Lipinski definition) is 1. The fraction of sp³-hybridized carbons (Fsp3) is 0.143. The van der Waals surface area contributed by atoms with Gasteiger partial charge in [-0.1, -0.05) is 23.7 Å². The zero-order chi connectivity index (χ0) is 16.2. The van der Waals surface area contributed by atoms with E-state index in [0.717, 1.165) is 10.0 Å². The molecule has 0 unspecified atom stereocenters. The molecule has 23 heavy (non-hydrogen) atoms. The van der Waals surface area contributed by atoms with Gasteiger partial charge in [0.25, 0.3) is 0 Å². The molecule has 2 heterocycles. The van der Waals surface area contributed by atoms with Crippen LogP contribution in [0, 0.1) is 0 Å². The highest BCUT2D eigenvalue weighted by atomic mass is 79.9. The molecule has 1 aromatic carbocycles. The van der Waals surface area contributed by atoms with Crippen molar-refractivity contribution in [3.05, 3.63) is 58.0 Å². The quantitative estimate of drug-likeness (QED) is 0.720. The summed E-state index contributed by atoms with van der Waals surface area (Å²) in [6.45, 7) is 0.642. The maximum absolute atomic E-state index is 11.9. The average Bonchev–Trinajstić information content (AvgIpc) is 3.11. The lowest BCUT2D eigenvalue weighted by atomic mass is 10.2. The Morgan fingerprint density at radius 3 is 2.74 bits per heavy atom. The minimum Gasteiger partial charge on any atom is -0.292 e. The molecule has 0 atom stereocenters. The molecule has 0 bridgehead atoms. The Morgan fingerprint density at radius 1 is 1.26 bits per heavy atom. The molecule has 2 aromatic heterocycles. The van der Waals surface area contributed by atoms with Crippen LogP contribution >= 0.6 is 27.5 Å². The van der Waals surface area contributed by atoms with E-state index in [2.05, 4.69) is 36.4 Å². The molecule has 1 N–H and O–H groups in total. The number of hydrogen-bond acceptors (Lipinski definition) is 4. The number of carbonyl (C=O) groups excluding carboxylic acids is 1. The lowest BCUT2D eigenvalue weighted by Crippen LogP contribution is -2.19. The number of nitrogens with zero attached hydrogens (tertiary/aromatic N) is 5. The van der Waals surface area contributed by atoms with Gasteiger partial charge in [0, 0.05) is 11.2 Å². The first-order valence-corrected chi connectivity index (χ1v) is 7.87. The zero-order valence-corrected chi connectivity index (χ0v) is 14.2. The molecule has 7 nitrogen and oxygen atoms in total. The van der Waals surface area contributed by atoms with Crippen LogP contribution in [-0.2, 0) is 17.9 Å². The Kier molecular flexibility index (Phi) is 4.73. The van der Waals surface area contributed by atoms with Crippen molar-refractivity contribution in [1.82, 2.24) is 24.5 Å². The first-order valence-electron chi connectivity index (χ1n) is 6.70. The van der Waals surface area contributed by atoms with E-state index in [-0.39, 0.29) is 18.4 Å². The second kappa shape index (κ2) is 6.93. The number of anilines is 1. The molecule has 118 valence electrons. The van der Waals surface area contributed by atoms with Gasteiger partial charge in [0.05, 0.1) is 17.2 Å². The number of nitrogens with one attached hydrogen (secondary N) is 1. The first kappa shape index (κ1) is 15.7. The molecule has 0 spiro atoms. The minimum atomic E-state index is -0.246. The molecule has 9 heteroatoms. The number of carbonyl (C=O) groups is 1. The Balaban J connectivity index is 1.58. The van der Waals surface area contributed by atoms with Crippen molar-refractivity contribution in [2.24, 2.45) is 0 Å². The van der Waals surface area contributed by atoms with Crippen LogP contribution in [0.15, 0.2) is 47.5 Å². The van der Waals surface area contributed by atoms with E-state index < -0.39 is 0 Å². The van der Waals surface area contributed by atoms with E-state index in [0.29, 0.717) is 11.6 Å². The van der Waals surface area contributed by atoms with Crippen molar-refractivity contribution in [2.75, 3.05) is 5.32 Å². The summed E-state index contributed by atoms with van der Waals surface area (Å²) in [5.74, 6) is 0.0139. The van der Waals surface area contributed by atoms with Crippen LogP contribution in [0.25, 0.3) is 0 Å². The summed E-state index contributed by atoms with van der Waals surface area (Å²) in [5.41, 5.74) is 1.04. The SMILES string of the molecule is O=C(Cn1cc(Br)cn1)Nc1ncn(Cc2ccc(Cl)cc2)n1. The molecule has 0 aliphatic heterocycles. The van der Waals surface area contributed by atoms with Gasteiger partial charge in [-0.15, -0.1) is 5.10 Å². The first-order chi connectivity index (χ1) is 11.1. The molecule has 0 aliphatic rings. The maximum atomic E-state index is 11.9. The normalized spacial score (nSPS) is 10.7. The van der Waals surface area contributed by atoms with Crippen LogP contribution in [0.4, 0.5) is 5.95 Å². The average molecular weight is 396 g/mol. The molecule has 0 radical (unpaired) electrons. The summed E-state index contributed by atoms with van der Waals surface area (Å²) >= 11 is 9.13. The third-order valence-corrected chi connectivity index (χ3v) is 3.61. The third kappa shape index (κ3) is 4.40. The number of benzene rings is 1. The number of rotatable bonds is 5. The Hall–Kier alpha value is -2.19. The van der Waals surface area contributed by atoms with Crippen molar-refractivity contribution in [2.45, 2.75) is 13.1 Å². The lowest BCUT2D eigenvalue weighted by Gasteiger charge is -2.02. The third-order valence-electron chi connectivity index (χ3n) is 2.95.